The van der Waals surface area contributed by atoms with Crippen molar-refractivity contribution >= 4 is 17.7 Å². The van der Waals surface area contributed by atoms with Crippen molar-refractivity contribution in [3.63, 3.8) is 0 Å². The number of carbonyl (C=O) groups is 1. The fourth-order valence-electron chi connectivity index (χ4n) is 1.63. The van der Waals surface area contributed by atoms with Gasteiger partial charge < -0.3 is 5.32 Å². The van der Waals surface area contributed by atoms with Gasteiger partial charge in [-0.15, -0.1) is 0 Å². The lowest BCUT2D eigenvalue weighted by molar-refractivity contribution is 0.0956. The molecule has 0 saturated carbocycles. The standard InChI is InChI=1S/C15H15FN2OS/c16-14-6-2-1-4-13(14)11-20-9-8-18-15(19)12-5-3-7-17-10-12/h1-7,10H,8-9,11H2,(H,18,19). The highest BCUT2D eigenvalue weighted by Gasteiger charge is 2.04. The van der Waals surface area contributed by atoms with Crippen molar-refractivity contribution in [2.24, 2.45) is 0 Å². The SMILES string of the molecule is O=C(NCCSCc1ccccc1F)c1cccnc1. The number of carbonyl (C=O) groups excluding carboxylic acids is 1. The highest BCUT2D eigenvalue weighted by molar-refractivity contribution is 7.98. The number of rotatable bonds is 6. The Labute approximate surface area is 121 Å². The number of benzene rings is 1. The van der Waals surface area contributed by atoms with Crippen LogP contribution in [0.1, 0.15) is 15.9 Å². The molecule has 1 heterocycles. The van der Waals surface area contributed by atoms with Crippen LogP contribution in [-0.4, -0.2) is 23.2 Å². The van der Waals surface area contributed by atoms with E-state index in [1.807, 2.05) is 6.07 Å². The van der Waals surface area contributed by atoms with E-state index in [9.17, 15) is 9.18 Å². The van der Waals surface area contributed by atoms with Crippen LogP contribution in [0.5, 0.6) is 0 Å². The van der Waals surface area contributed by atoms with Crippen molar-refractivity contribution < 1.29 is 9.18 Å². The number of thioether (sulfide) groups is 1. The van der Waals surface area contributed by atoms with Crippen molar-refractivity contribution in [1.82, 2.24) is 10.3 Å². The van der Waals surface area contributed by atoms with Crippen molar-refractivity contribution in [2.75, 3.05) is 12.3 Å². The fraction of sp³-hybridized carbons (Fsp3) is 0.200. The molecule has 2 rings (SSSR count). The van der Waals surface area contributed by atoms with Crippen LogP contribution < -0.4 is 5.32 Å². The zero-order valence-electron chi connectivity index (χ0n) is 10.9. The summed E-state index contributed by atoms with van der Waals surface area (Å²) in [6.07, 6.45) is 3.16. The largest absolute Gasteiger partial charge is 0.351 e. The number of pyridine rings is 1. The molecule has 0 saturated heterocycles. The van der Waals surface area contributed by atoms with E-state index in [2.05, 4.69) is 10.3 Å². The molecule has 1 amide bonds. The maximum atomic E-state index is 13.4. The number of nitrogens with one attached hydrogen (secondary N) is 1. The van der Waals surface area contributed by atoms with Gasteiger partial charge in [-0.05, 0) is 23.8 Å². The number of nitrogens with zero attached hydrogens (tertiary/aromatic N) is 1. The van der Waals surface area contributed by atoms with E-state index >= 15 is 0 Å². The molecule has 0 atom stereocenters. The maximum absolute atomic E-state index is 13.4. The third-order valence-corrected chi connectivity index (χ3v) is 3.68. The first-order chi connectivity index (χ1) is 9.77. The number of hydrogen-bond donors (Lipinski definition) is 1. The van der Waals surface area contributed by atoms with Crippen LogP contribution >= 0.6 is 11.8 Å². The second-order valence-electron chi connectivity index (χ2n) is 4.14. The molecule has 104 valence electrons. The molecule has 3 nitrogen and oxygen atoms in total. The molecule has 1 aromatic heterocycles. The molecule has 0 aliphatic heterocycles. The molecule has 0 unspecified atom stereocenters. The Morgan fingerprint density at radius 3 is 2.85 bits per heavy atom. The van der Waals surface area contributed by atoms with Crippen LogP contribution in [-0.2, 0) is 5.75 Å². The van der Waals surface area contributed by atoms with Crippen LogP contribution in [0, 0.1) is 5.82 Å². The minimum absolute atomic E-state index is 0.135. The van der Waals surface area contributed by atoms with Gasteiger partial charge in [0, 0.05) is 30.4 Å². The van der Waals surface area contributed by atoms with Gasteiger partial charge in [0.1, 0.15) is 5.82 Å². The van der Waals surface area contributed by atoms with Gasteiger partial charge in [0.05, 0.1) is 5.56 Å². The molecular formula is C15H15FN2OS. The quantitative estimate of drug-likeness (QED) is 0.832. The smallest absolute Gasteiger partial charge is 0.252 e. The van der Waals surface area contributed by atoms with Crippen LogP contribution in [0.4, 0.5) is 4.39 Å². The topological polar surface area (TPSA) is 42.0 Å². The molecule has 1 aromatic carbocycles. The molecule has 0 aliphatic rings. The zero-order valence-corrected chi connectivity index (χ0v) is 11.7. The first-order valence-corrected chi connectivity index (χ1v) is 7.42. The van der Waals surface area contributed by atoms with E-state index in [-0.39, 0.29) is 11.7 Å². The third kappa shape index (κ3) is 4.35. The van der Waals surface area contributed by atoms with Crippen LogP contribution in [0.2, 0.25) is 0 Å². The molecule has 2 aromatic rings. The van der Waals surface area contributed by atoms with Gasteiger partial charge in [0.15, 0.2) is 0 Å². The molecule has 20 heavy (non-hydrogen) atoms. The summed E-state index contributed by atoms with van der Waals surface area (Å²) >= 11 is 1.59. The summed E-state index contributed by atoms with van der Waals surface area (Å²) in [5.74, 6) is 1.03. The molecule has 0 fully saturated rings. The predicted molar refractivity (Wildman–Crippen MR) is 79.1 cm³/mol. The molecule has 5 heteroatoms. The summed E-state index contributed by atoms with van der Waals surface area (Å²) in [5, 5.41) is 2.81. The number of amides is 1. The minimum Gasteiger partial charge on any atom is -0.351 e. The molecule has 0 radical (unpaired) electrons. The Balaban J connectivity index is 1.67. The summed E-state index contributed by atoms with van der Waals surface area (Å²) in [6.45, 7) is 0.548. The summed E-state index contributed by atoms with van der Waals surface area (Å²) in [4.78, 5) is 15.6. The molecule has 0 aliphatic carbocycles. The van der Waals surface area contributed by atoms with E-state index < -0.39 is 0 Å². The van der Waals surface area contributed by atoms with E-state index in [1.54, 1.807) is 42.2 Å². The highest BCUT2D eigenvalue weighted by atomic mass is 32.2. The summed E-state index contributed by atoms with van der Waals surface area (Å²) in [7, 11) is 0. The summed E-state index contributed by atoms with van der Waals surface area (Å²) < 4.78 is 13.4. The van der Waals surface area contributed by atoms with E-state index in [0.717, 1.165) is 5.75 Å². The van der Waals surface area contributed by atoms with Crippen molar-refractivity contribution in [3.05, 3.63) is 65.7 Å². The first kappa shape index (κ1) is 14.5. The van der Waals surface area contributed by atoms with Gasteiger partial charge in [0.2, 0.25) is 0 Å². The Kier molecular flexibility index (Phi) is 5.55. The van der Waals surface area contributed by atoms with Gasteiger partial charge >= 0.3 is 0 Å². The van der Waals surface area contributed by atoms with Gasteiger partial charge in [-0.2, -0.15) is 11.8 Å². The van der Waals surface area contributed by atoms with Gasteiger partial charge in [-0.25, -0.2) is 4.39 Å². The predicted octanol–water partition coefficient (Wildman–Crippen LogP) is 2.88. The molecule has 1 N–H and O–H groups in total. The lowest BCUT2D eigenvalue weighted by atomic mass is 10.2. The maximum Gasteiger partial charge on any atom is 0.252 e. The van der Waals surface area contributed by atoms with E-state index in [4.69, 9.17) is 0 Å². The summed E-state index contributed by atoms with van der Waals surface area (Å²) in [5.41, 5.74) is 1.24. The van der Waals surface area contributed by atoms with Crippen LogP contribution in [0.25, 0.3) is 0 Å². The lowest BCUT2D eigenvalue weighted by Gasteiger charge is -2.05. The second-order valence-corrected chi connectivity index (χ2v) is 5.25. The number of halogens is 1. The van der Waals surface area contributed by atoms with Gasteiger partial charge in [0.25, 0.3) is 5.91 Å². The van der Waals surface area contributed by atoms with Gasteiger partial charge in [-0.1, -0.05) is 18.2 Å². The lowest BCUT2D eigenvalue weighted by Crippen LogP contribution is -2.25. The number of aromatic nitrogens is 1. The summed E-state index contributed by atoms with van der Waals surface area (Å²) in [6, 6.07) is 10.2. The Morgan fingerprint density at radius 1 is 1.25 bits per heavy atom. The molecular weight excluding hydrogens is 275 g/mol. The average molecular weight is 290 g/mol. The normalized spacial score (nSPS) is 10.2. The Morgan fingerprint density at radius 2 is 2.10 bits per heavy atom. The monoisotopic (exact) mass is 290 g/mol. The zero-order chi connectivity index (χ0) is 14.2. The van der Waals surface area contributed by atoms with Crippen LogP contribution in [0.3, 0.4) is 0 Å². The molecule has 0 bridgehead atoms. The van der Waals surface area contributed by atoms with Crippen LogP contribution in [0.15, 0.2) is 48.8 Å². The average Bonchev–Trinajstić information content (AvgIpc) is 2.49. The molecule has 0 spiro atoms. The fourth-order valence-corrected chi connectivity index (χ4v) is 2.48. The number of hydrogen-bond acceptors (Lipinski definition) is 3. The minimum atomic E-state index is -0.181. The van der Waals surface area contributed by atoms with E-state index in [0.29, 0.717) is 23.4 Å². The van der Waals surface area contributed by atoms with Crippen molar-refractivity contribution in [3.8, 4) is 0 Å². The second kappa shape index (κ2) is 7.65. The van der Waals surface area contributed by atoms with E-state index in [1.165, 1.54) is 12.3 Å². The van der Waals surface area contributed by atoms with Gasteiger partial charge in [-0.3, -0.25) is 9.78 Å². The van der Waals surface area contributed by atoms with Crippen molar-refractivity contribution in [2.45, 2.75) is 5.75 Å². The Hall–Kier alpha value is -1.88. The Bertz CT molecular complexity index is 563. The highest BCUT2D eigenvalue weighted by Crippen LogP contribution is 2.14. The first-order valence-electron chi connectivity index (χ1n) is 6.27. The van der Waals surface area contributed by atoms with Crippen molar-refractivity contribution in [1.29, 1.82) is 0 Å². The third-order valence-electron chi connectivity index (χ3n) is 2.67.